The molecule has 0 unspecified atom stereocenters. The Morgan fingerprint density at radius 3 is 2.00 bits per heavy atom. The van der Waals surface area contributed by atoms with Crippen molar-refractivity contribution < 1.29 is 35.9 Å². The Balaban J connectivity index is 2.34. The van der Waals surface area contributed by atoms with Crippen LogP contribution in [-0.2, 0) is 23.6 Å². The minimum absolute atomic E-state index is 0.0646. The van der Waals surface area contributed by atoms with Gasteiger partial charge in [0.05, 0.1) is 17.2 Å². The van der Waals surface area contributed by atoms with E-state index in [0.29, 0.717) is 18.6 Å². The van der Waals surface area contributed by atoms with Gasteiger partial charge in [0.25, 0.3) is 0 Å². The maximum absolute atomic E-state index is 12.9. The summed E-state index contributed by atoms with van der Waals surface area (Å²) in [7, 11) is 0. The minimum Gasteiger partial charge on any atom is -0.444 e. The van der Waals surface area contributed by atoms with E-state index in [4.69, 9.17) is 4.74 Å². The van der Waals surface area contributed by atoms with Crippen LogP contribution in [0.2, 0.25) is 0 Å². The van der Waals surface area contributed by atoms with E-state index in [1.54, 1.807) is 6.92 Å². The van der Waals surface area contributed by atoms with Gasteiger partial charge < -0.3 is 4.74 Å². The van der Waals surface area contributed by atoms with Crippen LogP contribution in [0, 0.1) is 0 Å². The van der Waals surface area contributed by atoms with E-state index >= 15 is 0 Å². The number of hydrogen-bond acceptors (Lipinski definition) is 2. The van der Waals surface area contributed by atoms with E-state index in [0.717, 1.165) is 11.3 Å². The van der Waals surface area contributed by atoms with Crippen molar-refractivity contribution in [2.24, 2.45) is 0 Å². The Kier molecular flexibility index (Phi) is 5.24. The third-order valence-corrected chi connectivity index (χ3v) is 4.09. The highest BCUT2D eigenvalue weighted by atomic mass is 19.4. The first-order valence-electron chi connectivity index (χ1n) is 7.69. The van der Waals surface area contributed by atoms with Gasteiger partial charge in [0, 0.05) is 6.54 Å². The molecule has 0 N–H and O–H groups in total. The lowest BCUT2D eigenvalue weighted by atomic mass is 10.0. The maximum Gasteiger partial charge on any atom is 0.416 e. The van der Waals surface area contributed by atoms with E-state index in [2.05, 4.69) is 0 Å². The van der Waals surface area contributed by atoms with Crippen molar-refractivity contribution in [3.05, 3.63) is 34.9 Å². The molecule has 0 radical (unpaired) electrons. The standard InChI is InChI=1S/C16H17F6NO2/c1-3-4-13-9(2)23(14(24)25-13)8-10-5-11(15(17,18)19)7-12(6-10)16(20,21)22/h5-7,9,13H,3-4,8H2,1-2H3/t9-,13-/m1/s1. The van der Waals surface area contributed by atoms with Crippen molar-refractivity contribution in [3.63, 3.8) is 0 Å². The Labute approximate surface area is 140 Å². The predicted molar refractivity (Wildman–Crippen MR) is 76.6 cm³/mol. The summed E-state index contributed by atoms with van der Waals surface area (Å²) in [4.78, 5) is 13.0. The van der Waals surface area contributed by atoms with Crippen molar-refractivity contribution in [1.29, 1.82) is 0 Å². The van der Waals surface area contributed by atoms with Crippen LogP contribution in [0.4, 0.5) is 31.1 Å². The lowest BCUT2D eigenvalue weighted by molar-refractivity contribution is -0.143. The molecule has 140 valence electrons. The SMILES string of the molecule is CCC[C@H]1OC(=O)N(Cc2cc(C(F)(F)F)cc(C(F)(F)F)c2)[C@@H]1C. The van der Waals surface area contributed by atoms with Crippen LogP contribution >= 0.6 is 0 Å². The summed E-state index contributed by atoms with van der Waals surface area (Å²) in [5, 5.41) is 0. The number of cyclic esters (lactones) is 1. The summed E-state index contributed by atoms with van der Waals surface area (Å²) in [5.74, 6) is 0. The summed E-state index contributed by atoms with van der Waals surface area (Å²) in [6.07, 6.45) is -9.70. The lowest BCUT2D eigenvalue weighted by Gasteiger charge is -2.22. The number of nitrogens with zero attached hydrogens (tertiary/aromatic N) is 1. The average Bonchev–Trinajstić information content (AvgIpc) is 2.73. The predicted octanol–water partition coefficient (Wildman–Crippen LogP) is 5.23. The molecule has 9 heteroatoms. The molecule has 1 aliphatic heterocycles. The highest BCUT2D eigenvalue weighted by molar-refractivity contribution is 5.70. The first kappa shape index (κ1) is 19.4. The third-order valence-electron chi connectivity index (χ3n) is 4.09. The van der Waals surface area contributed by atoms with Crippen LogP contribution < -0.4 is 0 Å². The number of carbonyl (C=O) groups is 1. The zero-order valence-corrected chi connectivity index (χ0v) is 13.5. The Morgan fingerprint density at radius 1 is 1.04 bits per heavy atom. The molecule has 1 aromatic rings. The topological polar surface area (TPSA) is 29.5 Å². The molecule has 0 bridgehead atoms. The fourth-order valence-corrected chi connectivity index (χ4v) is 2.76. The van der Waals surface area contributed by atoms with Crippen molar-refractivity contribution in [3.8, 4) is 0 Å². The van der Waals surface area contributed by atoms with Crippen molar-refractivity contribution in [2.75, 3.05) is 0 Å². The molecule has 2 atom stereocenters. The lowest BCUT2D eigenvalue weighted by Crippen LogP contribution is -2.33. The quantitative estimate of drug-likeness (QED) is 0.680. The first-order chi connectivity index (χ1) is 11.4. The van der Waals surface area contributed by atoms with Gasteiger partial charge in [0.1, 0.15) is 6.10 Å². The molecule has 25 heavy (non-hydrogen) atoms. The summed E-state index contributed by atoms with van der Waals surface area (Å²) in [5.41, 5.74) is -3.05. The Morgan fingerprint density at radius 2 is 1.56 bits per heavy atom. The molecule has 1 fully saturated rings. The van der Waals surface area contributed by atoms with Gasteiger partial charge in [-0.15, -0.1) is 0 Å². The number of halogens is 6. The highest BCUT2D eigenvalue weighted by Crippen LogP contribution is 2.37. The molecule has 0 saturated carbocycles. The van der Waals surface area contributed by atoms with Crippen LogP contribution in [0.25, 0.3) is 0 Å². The molecule has 1 saturated heterocycles. The second-order valence-electron chi connectivity index (χ2n) is 5.99. The van der Waals surface area contributed by atoms with Crippen molar-refractivity contribution in [1.82, 2.24) is 4.90 Å². The van der Waals surface area contributed by atoms with Crippen LogP contribution in [0.3, 0.4) is 0 Å². The van der Waals surface area contributed by atoms with Gasteiger partial charge >= 0.3 is 18.4 Å². The molecule has 1 amide bonds. The van der Waals surface area contributed by atoms with Crippen LogP contribution in [0.1, 0.15) is 43.4 Å². The molecule has 0 aromatic heterocycles. The number of amides is 1. The number of rotatable bonds is 4. The molecular weight excluding hydrogens is 352 g/mol. The summed E-state index contributed by atoms with van der Waals surface area (Å²) < 4.78 is 82.5. The molecule has 0 aliphatic carbocycles. The molecular formula is C16H17F6NO2. The average molecular weight is 369 g/mol. The number of carbonyl (C=O) groups excluding carboxylic acids is 1. The largest absolute Gasteiger partial charge is 0.444 e. The maximum atomic E-state index is 12.9. The second kappa shape index (κ2) is 6.76. The Hall–Kier alpha value is -1.93. The summed E-state index contributed by atoms with van der Waals surface area (Å²) >= 11 is 0. The van der Waals surface area contributed by atoms with E-state index in [1.807, 2.05) is 6.92 Å². The zero-order chi connectivity index (χ0) is 19.0. The second-order valence-corrected chi connectivity index (χ2v) is 5.99. The van der Waals surface area contributed by atoms with Gasteiger partial charge in [-0.3, -0.25) is 4.90 Å². The third kappa shape index (κ3) is 4.38. The summed E-state index contributed by atoms with van der Waals surface area (Å²) in [6, 6.07) is 0.885. The monoisotopic (exact) mass is 369 g/mol. The summed E-state index contributed by atoms with van der Waals surface area (Å²) in [6.45, 7) is 3.16. The number of hydrogen-bond donors (Lipinski definition) is 0. The Bertz CT molecular complexity index is 608. The molecule has 3 nitrogen and oxygen atoms in total. The molecule has 1 heterocycles. The molecule has 2 rings (SSSR count). The highest BCUT2D eigenvalue weighted by Gasteiger charge is 2.40. The van der Waals surface area contributed by atoms with Gasteiger partial charge in [0.15, 0.2) is 0 Å². The number of ether oxygens (including phenoxy) is 1. The minimum atomic E-state index is -4.92. The van der Waals surface area contributed by atoms with Crippen molar-refractivity contribution in [2.45, 2.75) is 57.7 Å². The molecule has 1 aliphatic rings. The van der Waals surface area contributed by atoms with Gasteiger partial charge in [-0.2, -0.15) is 26.3 Å². The van der Waals surface area contributed by atoms with Crippen LogP contribution in [-0.4, -0.2) is 23.1 Å². The number of benzene rings is 1. The van der Waals surface area contributed by atoms with E-state index in [1.165, 1.54) is 0 Å². The van der Waals surface area contributed by atoms with Gasteiger partial charge in [0.2, 0.25) is 0 Å². The molecule has 0 spiro atoms. The van der Waals surface area contributed by atoms with E-state index in [9.17, 15) is 31.1 Å². The van der Waals surface area contributed by atoms with Crippen LogP contribution in [0.15, 0.2) is 18.2 Å². The van der Waals surface area contributed by atoms with Gasteiger partial charge in [-0.25, -0.2) is 4.79 Å². The fraction of sp³-hybridized carbons (Fsp3) is 0.562. The zero-order valence-electron chi connectivity index (χ0n) is 13.5. The smallest absolute Gasteiger partial charge is 0.416 e. The van der Waals surface area contributed by atoms with E-state index in [-0.39, 0.29) is 18.2 Å². The van der Waals surface area contributed by atoms with Gasteiger partial charge in [-0.1, -0.05) is 13.3 Å². The fourth-order valence-electron chi connectivity index (χ4n) is 2.76. The van der Waals surface area contributed by atoms with Crippen molar-refractivity contribution >= 4 is 6.09 Å². The molecule has 1 aromatic carbocycles. The van der Waals surface area contributed by atoms with E-state index < -0.39 is 41.7 Å². The number of alkyl halides is 6. The van der Waals surface area contributed by atoms with Crippen LogP contribution in [0.5, 0.6) is 0 Å². The van der Waals surface area contributed by atoms with Gasteiger partial charge in [-0.05, 0) is 37.1 Å². The first-order valence-corrected chi connectivity index (χ1v) is 7.69. The normalized spacial score (nSPS) is 21.6.